The first-order valence-corrected chi connectivity index (χ1v) is 8.34. The molecule has 1 heterocycles. The molecule has 0 atom stereocenters. The fraction of sp³-hybridized carbons (Fsp3) is 0.278. The Balaban J connectivity index is 1.56. The van der Waals surface area contributed by atoms with Crippen LogP contribution in [0.25, 0.3) is 0 Å². The van der Waals surface area contributed by atoms with E-state index in [1.807, 2.05) is 24.3 Å². The lowest BCUT2D eigenvalue weighted by Crippen LogP contribution is -2.50. The zero-order chi connectivity index (χ0) is 17.8. The molecule has 7 heteroatoms. The molecule has 1 aliphatic heterocycles. The van der Waals surface area contributed by atoms with E-state index in [1.165, 1.54) is 12.1 Å². The molecule has 2 amide bonds. The Morgan fingerprint density at radius 2 is 1.80 bits per heavy atom. The van der Waals surface area contributed by atoms with Crippen molar-refractivity contribution in [2.24, 2.45) is 0 Å². The van der Waals surface area contributed by atoms with E-state index in [0.29, 0.717) is 31.2 Å². The monoisotopic (exact) mass is 363 g/mol. The van der Waals surface area contributed by atoms with Crippen LogP contribution >= 0.6 is 11.6 Å². The number of anilines is 2. The van der Waals surface area contributed by atoms with Crippen LogP contribution in [0.3, 0.4) is 0 Å². The van der Waals surface area contributed by atoms with Crippen LogP contribution < -0.4 is 15.0 Å². The van der Waals surface area contributed by atoms with Gasteiger partial charge in [-0.1, -0.05) is 11.6 Å². The Kier molecular flexibility index (Phi) is 5.28. The number of methoxy groups -OCH3 is 1. The van der Waals surface area contributed by atoms with Gasteiger partial charge in [0.05, 0.1) is 12.8 Å². The first-order chi connectivity index (χ1) is 12.1. The number of urea groups is 1. The Bertz CT molecular complexity index is 746. The van der Waals surface area contributed by atoms with Gasteiger partial charge in [0, 0.05) is 36.9 Å². The van der Waals surface area contributed by atoms with Crippen LogP contribution in [0.4, 0.5) is 20.6 Å². The fourth-order valence-electron chi connectivity index (χ4n) is 2.75. The van der Waals surface area contributed by atoms with Crippen LogP contribution in [-0.2, 0) is 0 Å². The molecule has 1 N–H and O–H groups in total. The molecule has 0 bridgehead atoms. The van der Waals surface area contributed by atoms with E-state index in [9.17, 15) is 9.18 Å². The molecule has 2 aromatic carbocycles. The molecule has 132 valence electrons. The molecule has 0 aliphatic carbocycles. The average molecular weight is 364 g/mol. The van der Waals surface area contributed by atoms with E-state index in [-0.39, 0.29) is 11.7 Å². The minimum Gasteiger partial charge on any atom is -0.497 e. The van der Waals surface area contributed by atoms with E-state index in [2.05, 4.69) is 10.2 Å². The highest BCUT2D eigenvalue weighted by atomic mass is 35.5. The van der Waals surface area contributed by atoms with Crippen LogP contribution in [0.2, 0.25) is 5.02 Å². The van der Waals surface area contributed by atoms with Crippen LogP contribution in [-0.4, -0.2) is 44.2 Å². The SMILES string of the molecule is COc1ccc(N2CCN(C(=O)Nc3ccc(Cl)cc3F)CC2)cc1. The van der Waals surface area contributed by atoms with E-state index in [4.69, 9.17) is 16.3 Å². The number of carbonyl (C=O) groups excluding carboxylic acids is 1. The molecule has 0 aromatic heterocycles. The molecule has 5 nitrogen and oxygen atoms in total. The zero-order valence-electron chi connectivity index (χ0n) is 13.8. The van der Waals surface area contributed by atoms with Crippen molar-refractivity contribution in [3.63, 3.8) is 0 Å². The number of benzene rings is 2. The summed E-state index contributed by atoms with van der Waals surface area (Å²) >= 11 is 5.72. The van der Waals surface area contributed by atoms with Gasteiger partial charge in [0.1, 0.15) is 11.6 Å². The lowest BCUT2D eigenvalue weighted by Gasteiger charge is -2.36. The molecule has 0 saturated carbocycles. The highest BCUT2D eigenvalue weighted by molar-refractivity contribution is 6.30. The topological polar surface area (TPSA) is 44.8 Å². The van der Waals surface area contributed by atoms with Crippen molar-refractivity contribution in [3.8, 4) is 5.75 Å². The molecule has 0 spiro atoms. The highest BCUT2D eigenvalue weighted by Gasteiger charge is 2.22. The smallest absolute Gasteiger partial charge is 0.322 e. The molecule has 0 unspecified atom stereocenters. The first-order valence-electron chi connectivity index (χ1n) is 7.97. The van der Waals surface area contributed by atoms with Gasteiger partial charge in [0.2, 0.25) is 0 Å². The number of carbonyl (C=O) groups is 1. The Hall–Kier alpha value is -2.47. The molecule has 0 radical (unpaired) electrons. The van der Waals surface area contributed by atoms with E-state index in [0.717, 1.165) is 11.4 Å². The number of ether oxygens (including phenoxy) is 1. The zero-order valence-corrected chi connectivity index (χ0v) is 14.6. The normalized spacial score (nSPS) is 14.4. The Labute approximate surface area is 150 Å². The Morgan fingerprint density at radius 1 is 1.12 bits per heavy atom. The molecule has 1 fully saturated rings. The number of halogens is 2. The van der Waals surface area contributed by atoms with Crippen LogP contribution in [0, 0.1) is 5.82 Å². The van der Waals surface area contributed by atoms with Gasteiger partial charge in [-0.3, -0.25) is 0 Å². The van der Waals surface area contributed by atoms with Gasteiger partial charge in [0.25, 0.3) is 0 Å². The minimum absolute atomic E-state index is 0.131. The number of nitrogens with one attached hydrogen (secondary N) is 1. The Morgan fingerprint density at radius 3 is 2.40 bits per heavy atom. The molecule has 25 heavy (non-hydrogen) atoms. The van der Waals surface area contributed by atoms with Crippen molar-refractivity contribution >= 4 is 29.0 Å². The van der Waals surface area contributed by atoms with Gasteiger partial charge in [-0.15, -0.1) is 0 Å². The van der Waals surface area contributed by atoms with E-state index in [1.54, 1.807) is 18.1 Å². The number of amides is 2. The average Bonchev–Trinajstić information content (AvgIpc) is 2.64. The summed E-state index contributed by atoms with van der Waals surface area (Å²) in [5, 5.41) is 2.89. The molecular formula is C18H19ClFN3O2. The maximum Gasteiger partial charge on any atom is 0.322 e. The standard InChI is InChI=1S/C18H19ClFN3O2/c1-25-15-5-3-14(4-6-15)22-8-10-23(11-9-22)18(24)21-17-7-2-13(19)12-16(17)20/h2-7,12H,8-11H2,1H3,(H,21,24). The van der Waals surface area contributed by atoms with Gasteiger partial charge >= 0.3 is 6.03 Å². The van der Waals surface area contributed by atoms with Crippen LogP contribution in [0.1, 0.15) is 0 Å². The third-order valence-corrected chi connectivity index (χ3v) is 4.41. The summed E-state index contributed by atoms with van der Waals surface area (Å²) < 4.78 is 18.9. The van der Waals surface area contributed by atoms with Gasteiger partial charge < -0.3 is 19.9 Å². The van der Waals surface area contributed by atoms with Crippen molar-refractivity contribution < 1.29 is 13.9 Å². The quantitative estimate of drug-likeness (QED) is 0.901. The van der Waals surface area contributed by atoms with Crippen LogP contribution in [0.5, 0.6) is 5.75 Å². The second-order valence-corrected chi connectivity index (χ2v) is 6.16. The third kappa shape index (κ3) is 4.14. The molecular weight excluding hydrogens is 345 g/mol. The number of hydrogen-bond donors (Lipinski definition) is 1. The van der Waals surface area contributed by atoms with Gasteiger partial charge in [-0.05, 0) is 42.5 Å². The maximum atomic E-state index is 13.8. The number of piperazine rings is 1. The van der Waals surface area contributed by atoms with E-state index < -0.39 is 5.82 Å². The predicted octanol–water partition coefficient (Wildman–Crippen LogP) is 3.84. The van der Waals surface area contributed by atoms with Crippen molar-refractivity contribution in [1.82, 2.24) is 4.90 Å². The minimum atomic E-state index is -0.544. The highest BCUT2D eigenvalue weighted by Crippen LogP contribution is 2.22. The lowest BCUT2D eigenvalue weighted by atomic mass is 10.2. The third-order valence-electron chi connectivity index (χ3n) is 4.18. The fourth-order valence-corrected chi connectivity index (χ4v) is 2.90. The summed E-state index contributed by atoms with van der Waals surface area (Å²) in [6.45, 7) is 2.55. The van der Waals surface area contributed by atoms with E-state index >= 15 is 0 Å². The second-order valence-electron chi connectivity index (χ2n) is 5.73. The predicted molar refractivity (Wildman–Crippen MR) is 97.2 cm³/mol. The summed E-state index contributed by atoms with van der Waals surface area (Å²) in [4.78, 5) is 16.2. The molecule has 3 rings (SSSR count). The number of nitrogens with zero attached hydrogens (tertiary/aromatic N) is 2. The van der Waals surface area contributed by atoms with Gasteiger partial charge in [-0.25, -0.2) is 9.18 Å². The lowest BCUT2D eigenvalue weighted by molar-refractivity contribution is 0.208. The van der Waals surface area contributed by atoms with Crippen molar-refractivity contribution in [2.45, 2.75) is 0 Å². The molecule has 1 aliphatic rings. The van der Waals surface area contributed by atoms with Crippen molar-refractivity contribution in [1.29, 1.82) is 0 Å². The second kappa shape index (κ2) is 7.61. The van der Waals surface area contributed by atoms with Crippen molar-refractivity contribution in [2.75, 3.05) is 43.5 Å². The summed E-state index contributed by atoms with van der Waals surface area (Å²) in [6, 6.07) is 11.7. The first kappa shape index (κ1) is 17.4. The maximum absolute atomic E-state index is 13.8. The van der Waals surface area contributed by atoms with Crippen molar-refractivity contribution in [3.05, 3.63) is 53.3 Å². The summed E-state index contributed by atoms with van der Waals surface area (Å²) in [6.07, 6.45) is 0. The molecule has 1 saturated heterocycles. The van der Waals surface area contributed by atoms with Gasteiger partial charge in [-0.2, -0.15) is 0 Å². The number of rotatable bonds is 3. The summed E-state index contributed by atoms with van der Waals surface area (Å²) in [5.74, 6) is 0.268. The van der Waals surface area contributed by atoms with Gasteiger partial charge in [0.15, 0.2) is 0 Å². The summed E-state index contributed by atoms with van der Waals surface area (Å²) in [7, 11) is 1.63. The summed E-state index contributed by atoms with van der Waals surface area (Å²) in [5.41, 5.74) is 1.22. The largest absolute Gasteiger partial charge is 0.497 e. The molecule has 2 aromatic rings. The number of hydrogen-bond acceptors (Lipinski definition) is 3. The van der Waals surface area contributed by atoms with Crippen LogP contribution in [0.15, 0.2) is 42.5 Å².